The van der Waals surface area contributed by atoms with Gasteiger partial charge in [0.15, 0.2) is 0 Å². The SMILES string of the molecule is CC1C=C(Cl)C(Cl)=C(C2=C(Cl)N(C)C3=NC(C(F)(F)F)=N[C@]3(C)C2)C1. The van der Waals surface area contributed by atoms with E-state index in [1.807, 2.05) is 13.0 Å². The van der Waals surface area contributed by atoms with Gasteiger partial charge >= 0.3 is 6.18 Å². The number of allylic oxidation sites excluding steroid dienone is 4. The molecule has 136 valence electrons. The highest BCUT2D eigenvalue weighted by atomic mass is 35.5. The predicted octanol–water partition coefficient (Wildman–Crippen LogP) is 5.56. The van der Waals surface area contributed by atoms with Crippen LogP contribution in [0.3, 0.4) is 0 Å². The van der Waals surface area contributed by atoms with Crippen molar-refractivity contribution in [3.8, 4) is 0 Å². The molecule has 0 amide bonds. The molecule has 0 aromatic rings. The maximum Gasteiger partial charge on any atom is 0.451 e. The van der Waals surface area contributed by atoms with Crippen LogP contribution in [-0.2, 0) is 0 Å². The zero-order chi connectivity index (χ0) is 18.7. The molecule has 0 aromatic carbocycles. The molecule has 1 aliphatic carbocycles. The molecule has 9 heteroatoms. The van der Waals surface area contributed by atoms with E-state index in [0.29, 0.717) is 27.2 Å². The summed E-state index contributed by atoms with van der Waals surface area (Å²) in [6, 6.07) is 0. The van der Waals surface area contributed by atoms with Crippen molar-refractivity contribution in [1.29, 1.82) is 0 Å². The minimum atomic E-state index is -4.61. The summed E-state index contributed by atoms with van der Waals surface area (Å²) < 4.78 is 39.2. The second-order valence-electron chi connectivity index (χ2n) is 6.64. The number of hydrogen-bond donors (Lipinski definition) is 0. The molecule has 0 saturated heterocycles. The van der Waals surface area contributed by atoms with Crippen LogP contribution in [0.25, 0.3) is 0 Å². The lowest BCUT2D eigenvalue weighted by Crippen LogP contribution is -2.45. The highest BCUT2D eigenvalue weighted by Gasteiger charge is 2.50. The number of hydrogen-bond acceptors (Lipinski definition) is 3. The second kappa shape index (κ2) is 6.03. The van der Waals surface area contributed by atoms with Gasteiger partial charge in [-0.2, -0.15) is 13.2 Å². The fourth-order valence-electron chi connectivity index (χ4n) is 3.35. The van der Waals surface area contributed by atoms with E-state index in [4.69, 9.17) is 34.8 Å². The van der Waals surface area contributed by atoms with Crippen molar-refractivity contribution >= 4 is 46.5 Å². The molecule has 3 nitrogen and oxygen atoms in total. The third-order valence-corrected chi connectivity index (χ3v) is 5.80. The Bertz CT molecular complexity index is 792. The van der Waals surface area contributed by atoms with Crippen molar-refractivity contribution in [2.45, 2.75) is 38.4 Å². The Balaban J connectivity index is 2.09. The Labute approximate surface area is 158 Å². The molecule has 1 unspecified atom stereocenters. The molecule has 3 aliphatic rings. The lowest BCUT2D eigenvalue weighted by molar-refractivity contribution is -0.0598. The van der Waals surface area contributed by atoms with Gasteiger partial charge in [-0.25, -0.2) is 9.98 Å². The zero-order valence-corrected chi connectivity index (χ0v) is 15.9. The van der Waals surface area contributed by atoms with Gasteiger partial charge in [-0.1, -0.05) is 47.8 Å². The number of aliphatic imine (C=N–C) groups is 2. The van der Waals surface area contributed by atoms with E-state index < -0.39 is 17.6 Å². The van der Waals surface area contributed by atoms with Crippen LogP contribution in [0.5, 0.6) is 0 Å². The van der Waals surface area contributed by atoms with Crippen LogP contribution in [0.4, 0.5) is 13.2 Å². The Morgan fingerprint density at radius 3 is 2.48 bits per heavy atom. The third kappa shape index (κ3) is 3.13. The van der Waals surface area contributed by atoms with Gasteiger partial charge in [0.05, 0.1) is 10.1 Å². The number of nitrogens with zero attached hydrogens (tertiary/aromatic N) is 3. The first-order valence-electron chi connectivity index (χ1n) is 7.59. The van der Waals surface area contributed by atoms with Crippen LogP contribution in [0.1, 0.15) is 26.7 Å². The molecule has 25 heavy (non-hydrogen) atoms. The molecule has 0 saturated carbocycles. The number of amidine groups is 2. The summed E-state index contributed by atoms with van der Waals surface area (Å²) in [6.07, 6.45) is -1.98. The number of alkyl halides is 3. The van der Waals surface area contributed by atoms with Gasteiger partial charge in [0.25, 0.3) is 0 Å². The van der Waals surface area contributed by atoms with E-state index in [1.54, 1.807) is 14.0 Å². The molecule has 2 atom stereocenters. The topological polar surface area (TPSA) is 28.0 Å². The van der Waals surface area contributed by atoms with E-state index in [2.05, 4.69) is 9.98 Å². The molecular weight excluding hydrogens is 398 g/mol. The van der Waals surface area contributed by atoms with Crippen LogP contribution in [-0.4, -0.2) is 35.3 Å². The lowest BCUT2D eigenvalue weighted by Gasteiger charge is -2.38. The summed E-state index contributed by atoms with van der Waals surface area (Å²) in [4.78, 5) is 8.96. The summed E-state index contributed by atoms with van der Waals surface area (Å²) in [7, 11) is 1.57. The Morgan fingerprint density at radius 1 is 1.24 bits per heavy atom. The standard InChI is InChI=1S/C16H15Cl3F3N3/c1-7-4-8(11(18)10(17)5-7)9-6-15(2)14(25(3)12(9)19)23-13(24-15)16(20,21)22/h5,7H,4,6H2,1-3H3/t7?,15-/m1/s1. The minimum Gasteiger partial charge on any atom is -0.321 e. The van der Waals surface area contributed by atoms with Crippen molar-refractivity contribution < 1.29 is 13.2 Å². The normalized spacial score (nSPS) is 30.4. The molecule has 0 bridgehead atoms. The first kappa shape index (κ1) is 18.8. The lowest BCUT2D eigenvalue weighted by atomic mass is 9.81. The number of rotatable bonds is 1. The molecule has 0 N–H and O–H groups in total. The Morgan fingerprint density at radius 2 is 1.88 bits per heavy atom. The van der Waals surface area contributed by atoms with E-state index in [1.165, 1.54) is 4.90 Å². The third-order valence-electron chi connectivity index (χ3n) is 4.48. The van der Waals surface area contributed by atoms with E-state index in [0.717, 1.165) is 5.57 Å². The van der Waals surface area contributed by atoms with Gasteiger partial charge in [0.2, 0.25) is 5.84 Å². The van der Waals surface area contributed by atoms with E-state index in [-0.39, 0.29) is 18.2 Å². The maximum atomic E-state index is 13.1. The van der Waals surface area contributed by atoms with Crippen molar-refractivity contribution in [3.63, 3.8) is 0 Å². The first-order chi connectivity index (χ1) is 11.4. The van der Waals surface area contributed by atoms with Gasteiger partial charge in [0.1, 0.15) is 16.5 Å². The van der Waals surface area contributed by atoms with Crippen LogP contribution < -0.4 is 0 Å². The van der Waals surface area contributed by atoms with Gasteiger partial charge in [-0.3, -0.25) is 0 Å². The average molecular weight is 413 g/mol. The number of likely N-dealkylation sites (N-methyl/N-ethyl adjacent to an activating group) is 1. The predicted molar refractivity (Wildman–Crippen MR) is 95.2 cm³/mol. The molecule has 0 aromatic heterocycles. The van der Waals surface area contributed by atoms with Crippen molar-refractivity contribution in [1.82, 2.24) is 4.90 Å². The largest absolute Gasteiger partial charge is 0.451 e. The van der Waals surface area contributed by atoms with Gasteiger partial charge < -0.3 is 4.90 Å². The molecule has 2 heterocycles. The Hall–Kier alpha value is -0.980. The van der Waals surface area contributed by atoms with Crippen LogP contribution in [0.15, 0.2) is 42.4 Å². The summed E-state index contributed by atoms with van der Waals surface area (Å²) in [6.45, 7) is 3.60. The fourth-order valence-corrected chi connectivity index (χ4v) is 4.19. The number of halogens is 6. The zero-order valence-electron chi connectivity index (χ0n) is 13.7. The van der Waals surface area contributed by atoms with Crippen LogP contribution in [0.2, 0.25) is 0 Å². The smallest absolute Gasteiger partial charge is 0.321 e. The van der Waals surface area contributed by atoms with Gasteiger partial charge in [-0.15, -0.1) is 0 Å². The van der Waals surface area contributed by atoms with Gasteiger partial charge in [0, 0.05) is 13.5 Å². The number of fused-ring (bicyclic) bond motifs is 1. The van der Waals surface area contributed by atoms with Gasteiger partial charge in [-0.05, 0) is 30.4 Å². The quantitative estimate of drug-likeness (QED) is 0.518. The molecule has 2 aliphatic heterocycles. The molecular formula is C16H15Cl3F3N3. The summed E-state index contributed by atoms with van der Waals surface area (Å²) >= 11 is 19.0. The highest BCUT2D eigenvalue weighted by molar-refractivity contribution is 6.44. The minimum absolute atomic E-state index is 0.146. The molecule has 3 rings (SSSR count). The van der Waals surface area contributed by atoms with Crippen molar-refractivity contribution in [2.24, 2.45) is 15.9 Å². The molecule has 0 spiro atoms. The highest BCUT2D eigenvalue weighted by Crippen LogP contribution is 2.46. The average Bonchev–Trinajstić information content (AvgIpc) is 2.85. The molecule has 0 fully saturated rings. The summed E-state index contributed by atoms with van der Waals surface area (Å²) in [5, 5.41) is 1.09. The second-order valence-corrected chi connectivity index (χ2v) is 7.78. The molecule has 0 radical (unpaired) electrons. The summed E-state index contributed by atoms with van der Waals surface area (Å²) in [5.74, 6) is -0.818. The van der Waals surface area contributed by atoms with Crippen molar-refractivity contribution in [3.05, 3.63) is 32.4 Å². The fraction of sp³-hybridized carbons (Fsp3) is 0.500. The van der Waals surface area contributed by atoms with Crippen LogP contribution >= 0.6 is 34.8 Å². The maximum absolute atomic E-state index is 13.1. The van der Waals surface area contributed by atoms with E-state index in [9.17, 15) is 13.2 Å². The summed E-state index contributed by atoms with van der Waals surface area (Å²) in [5.41, 5.74) is 0.254. The van der Waals surface area contributed by atoms with Crippen LogP contribution in [0, 0.1) is 5.92 Å². The van der Waals surface area contributed by atoms with Crippen molar-refractivity contribution in [2.75, 3.05) is 7.05 Å². The Kier molecular flexibility index (Phi) is 4.54. The first-order valence-corrected chi connectivity index (χ1v) is 8.72. The monoisotopic (exact) mass is 411 g/mol. The van der Waals surface area contributed by atoms with E-state index >= 15 is 0 Å².